The van der Waals surface area contributed by atoms with Crippen LogP contribution in [-0.2, 0) is 16.6 Å². The molecule has 0 saturated heterocycles. The largest absolute Gasteiger partial charge is 0.487 e. The molecule has 7 nitrogen and oxygen atoms in total. The molecule has 27 heavy (non-hydrogen) atoms. The van der Waals surface area contributed by atoms with Crippen molar-refractivity contribution in [3.63, 3.8) is 0 Å². The number of hydrogen-bond acceptors (Lipinski definition) is 5. The number of anilines is 1. The number of para-hydroxylation sites is 2. The van der Waals surface area contributed by atoms with Gasteiger partial charge in [0, 0.05) is 12.1 Å². The zero-order valence-electron chi connectivity index (χ0n) is 14.1. The van der Waals surface area contributed by atoms with Crippen LogP contribution in [0.4, 0.5) is 11.4 Å². The SMILES string of the molecule is O=[N+]([O-])c1ccc(S(=O)(=O)Nc2ccccc2OCc2ccccc2)cc1. The smallest absolute Gasteiger partial charge is 0.269 e. The minimum absolute atomic E-state index is 0.0778. The molecule has 0 bridgehead atoms. The monoisotopic (exact) mass is 384 g/mol. The van der Waals surface area contributed by atoms with E-state index in [1.165, 1.54) is 12.1 Å². The van der Waals surface area contributed by atoms with Gasteiger partial charge in [-0.25, -0.2) is 8.42 Å². The van der Waals surface area contributed by atoms with Crippen molar-refractivity contribution < 1.29 is 18.1 Å². The van der Waals surface area contributed by atoms with Gasteiger partial charge in [-0.15, -0.1) is 0 Å². The maximum atomic E-state index is 12.6. The molecule has 0 aliphatic rings. The van der Waals surface area contributed by atoms with E-state index in [1.54, 1.807) is 24.3 Å². The number of sulfonamides is 1. The number of non-ortho nitro benzene ring substituents is 1. The van der Waals surface area contributed by atoms with Crippen molar-refractivity contribution in [2.24, 2.45) is 0 Å². The summed E-state index contributed by atoms with van der Waals surface area (Å²) in [7, 11) is -3.91. The lowest BCUT2D eigenvalue weighted by Gasteiger charge is -2.13. The van der Waals surface area contributed by atoms with Crippen LogP contribution in [0.3, 0.4) is 0 Å². The maximum absolute atomic E-state index is 12.6. The molecule has 0 aromatic heterocycles. The van der Waals surface area contributed by atoms with Gasteiger partial charge in [-0.2, -0.15) is 0 Å². The van der Waals surface area contributed by atoms with E-state index in [2.05, 4.69) is 4.72 Å². The summed E-state index contributed by atoms with van der Waals surface area (Å²) in [5.74, 6) is 0.381. The predicted molar refractivity (Wildman–Crippen MR) is 101 cm³/mol. The van der Waals surface area contributed by atoms with E-state index in [9.17, 15) is 18.5 Å². The van der Waals surface area contributed by atoms with Crippen molar-refractivity contribution >= 4 is 21.4 Å². The summed E-state index contributed by atoms with van der Waals surface area (Å²) in [5.41, 5.74) is 1.05. The van der Waals surface area contributed by atoms with Gasteiger partial charge in [0.2, 0.25) is 0 Å². The van der Waals surface area contributed by atoms with Crippen LogP contribution in [0.1, 0.15) is 5.56 Å². The van der Waals surface area contributed by atoms with Gasteiger partial charge >= 0.3 is 0 Å². The van der Waals surface area contributed by atoms with Crippen molar-refractivity contribution in [2.75, 3.05) is 4.72 Å². The highest BCUT2D eigenvalue weighted by molar-refractivity contribution is 7.92. The fourth-order valence-electron chi connectivity index (χ4n) is 2.36. The summed E-state index contributed by atoms with van der Waals surface area (Å²) in [4.78, 5) is 10.0. The first-order valence-electron chi connectivity index (χ1n) is 7.99. The summed E-state index contributed by atoms with van der Waals surface area (Å²) in [6.07, 6.45) is 0. The molecule has 0 atom stereocenters. The van der Waals surface area contributed by atoms with Crippen molar-refractivity contribution in [1.82, 2.24) is 0 Å². The Labute approximate surface area is 156 Å². The quantitative estimate of drug-likeness (QED) is 0.491. The van der Waals surface area contributed by atoms with Gasteiger partial charge < -0.3 is 4.74 Å². The highest BCUT2D eigenvalue weighted by Crippen LogP contribution is 2.28. The van der Waals surface area contributed by atoms with Crippen LogP contribution in [-0.4, -0.2) is 13.3 Å². The van der Waals surface area contributed by atoms with Crippen LogP contribution in [0.2, 0.25) is 0 Å². The average Bonchev–Trinajstić information content (AvgIpc) is 2.68. The van der Waals surface area contributed by atoms with E-state index in [0.29, 0.717) is 5.75 Å². The minimum Gasteiger partial charge on any atom is -0.487 e. The number of benzene rings is 3. The Morgan fingerprint density at radius 3 is 2.19 bits per heavy atom. The Kier molecular flexibility index (Phi) is 5.37. The lowest BCUT2D eigenvalue weighted by Crippen LogP contribution is -2.14. The Morgan fingerprint density at radius 2 is 1.52 bits per heavy atom. The molecule has 0 fully saturated rings. The fraction of sp³-hybridized carbons (Fsp3) is 0.0526. The third-order valence-corrected chi connectivity index (χ3v) is 5.11. The highest BCUT2D eigenvalue weighted by atomic mass is 32.2. The molecule has 0 saturated carbocycles. The normalized spacial score (nSPS) is 11.0. The molecule has 1 N–H and O–H groups in total. The van der Waals surface area contributed by atoms with E-state index in [1.807, 2.05) is 30.3 Å². The van der Waals surface area contributed by atoms with Gasteiger partial charge in [-0.3, -0.25) is 14.8 Å². The van der Waals surface area contributed by atoms with Crippen molar-refractivity contribution in [3.8, 4) is 5.75 Å². The first-order valence-corrected chi connectivity index (χ1v) is 9.47. The Balaban J connectivity index is 1.79. The van der Waals surface area contributed by atoms with E-state index < -0.39 is 14.9 Å². The van der Waals surface area contributed by atoms with E-state index in [4.69, 9.17) is 4.74 Å². The number of nitro groups is 1. The van der Waals surface area contributed by atoms with Gasteiger partial charge in [-0.1, -0.05) is 42.5 Å². The number of nitrogens with one attached hydrogen (secondary N) is 1. The standard InChI is InChI=1S/C19H16N2O5S/c22-21(23)16-10-12-17(13-11-16)27(24,25)20-18-8-4-5-9-19(18)26-14-15-6-2-1-3-7-15/h1-13,20H,14H2. The average molecular weight is 384 g/mol. The molecule has 0 aliphatic heterocycles. The molecule has 0 heterocycles. The summed E-state index contributed by atoms with van der Waals surface area (Å²) in [6, 6.07) is 20.8. The Bertz CT molecular complexity index is 1040. The molecule has 3 aromatic rings. The molecule has 138 valence electrons. The third kappa shape index (κ3) is 4.62. The van der Waals surface area contributed by atoms with Crippen molar-refractivity contribution in [2.45, 2.75) is 11.5 Å². The van der Waals surface area contributed by atoms with Gasteiger partial charge in [0.15, 0.2) is 0 Å². The molecule has 0 amide bonds. The summed E-state index contributed by atoms with van der Waals surface area (Å²) in [5, 5.41) is 10.7. The van der Waals surface area contributed by atoms with Gasteiger partial charge in [-0.05, 0) is 29.8 Å². The zero-order valence-corrected chi connectivity index (χ0v) is 14.9. The number of rotatable bonds is 7. The second kappa shape index (κ2) is 7.88. The molecular formula is C19H16N2O5S. The third-order valence-electron chi connectivity index (χ3n) is 3.73. The second-order valence-corrected chi connectivity index (χ2v) is 7.31. The number of hydrogen-bond donors (Lipinski definition) is 1. The second-order valence-electron chi connectivity index (χ2n) is 5.63. The molecule has 0 spiro atoms. The topological polar surface area (TPSA) is 98.5 Å². The van der Waals surface area contributed by atoms with Crippen LogP contribution in [0, 0.1) is 10.1 Å². The maximum Gasteiger partial charge on any atom is 0.269 e. The predicted octanol–water partition coefficient (Wildman–Crippen LogP) is 3.97. The summed E-state index contributed by atoms with van der Waals surface area (Å²) >= 11 is 0. The molecule has 8 heteroatoms. The van der Waals surface area contributed by atoms with E-state index in [0.717, 1.165) is 17.7 Å². The van der Waals surface area contributed by atoms with Crippen LogP contribution in [0.15, 0.2) is 83.8 Å². The van der Waals surface area contributed by atoms with Gasteiger partial charge in [0.05, 0.1) is 15.5 Å². The first-order chi connectivity index (χ1) is 13.0. The molecule has 0 aliphatic carbocycles. The molecule has 3 rings (SSSR count). The zero-order chi connectivity index (χ0) is 19.3. The van der Waals surface area contributed by atoms with E-state index in [-0.39, 0.29) is 22.9 Å². The van der Waals surface area contributed by atoms with Crippen molar-refractivity contribution in [3.05, 3.63) is 94.5 Å². The molecule has 0 radical (unpaired) electrons. The summed E-state index contributed by atoms with van der Waals surface area (Å²) < 4.78 is 33.4. The Morgan fingerprint density at radius 1 is 0.889 bits per heavy atom. The van der Waals surface area contributed by atoms with E-state index >= 15 is 0 Å². The minimum atomic E-state index is -3.91. The molecule has 0 unspecified atom stereocenters. The summed E-state index contributed by atoms with van der Waals surface area (Å²) in [6.45, 7) is 0.289. The highest BCUT2D eigenvalue weighted by Gasteiger charge is 2.18. The van der Waals surface area contributed by atoms with Crippen LogP contribution < -0.4 is 9.46 Å². The number of nitrogens with zero attached hydrogens (tertiary/aromatic N) is 1. The number of ether oxygens (including phenoxy) is 1. The van der Waals surface area contributed by atoms with Crippen molar-refractivity contribution in [1.29, 1.82) is 0 Å². The lowest BCUT2D eigenvalue weighted by atomic mass is 10.2. The van der Waals surface area contributed by atoms with Crippen LogP contribution in [0.5, 0.6) is 5.75 Å². The fourth-order valence-corrected chi connectivity index (χ4v) is 3.43. The lowest BCUT2D eigenvalue weighted by molar-refractivity contribution is -0.384. The first kappa shape index (κ1) is 18.4. The molecule has 3 aromatic carbocycles. The van der Waals surface area contributed by atoms with Crippen LogP contribution >= 0.6 is 0 Å². The number of nitro benzene ring substituents is 1. The Hall–Kier alpha value is -3.39. The van der Waals surface area contributed by atoms with Gasteiger partial charge in [0.1, 0.15) is 12.4 Å². The molecular weight excluding hydrogens is 368 g/mol. The van der Waals surface area contributed by atoms with Crippen LogP contribution in [0.25, 0.3) is 0 Å². The van der Waals surface area contributed by atoms with Gasteiger partial charge in [0.25, 0.3) is 15.7 Å².